The summed E-state index contributed by atoms with van der Waals surface area (Å²) in [6.07, 6.45) is 3.11. The lowest BCUT2D eigenvalue weighted by molar-refractivity contribution is 0.143. The van der Waals surface area contributed by atoms with Crippen molar-refractivity contribution in [1.82, 2.24) is 9.97 Å². The molecule has 1 aromatic rings. The van der Waals surface area contributed by atoms with Crippen LogP contribution in [0.25, 0.3) is 0 Å². The lowest BCUT2D eigenvalue weighted by Crippen LogP contribution is -2.48. The van der Waals surface area contributed by atoms with Gasteiger partial charge in [0.1, 0.15) is 11.6 Å². The number of nitrogens with zero attached hydrogens (tertiary/aromatic N) is 2. The first-order chi connectivity index (χ1) is 7.67. The Kier molecular flexibility index (Phi) is 2.96. The van der Waals surface area contributed by atoms with Gasteiger partial charge in [-0.15, -0.1) is 0 Å². The first kappa shape index (κ1) is 11.1. The second-order valence-electron chi connectivity index (χ2n) is 4.26. The highest BCUT2D eigenvalue weighted by Gasteiger charge is 2.36. The largest absolute Gasteiger partial charge is 0.481 e. The topological polar surface area (TPSA) is 67.3 Å². The summed E-state index contributed by atoms with van der Waals surface area (Å²) in [6.45, 7) is 1.96. The van der Waals surface area contributed by atoms with E-state index in [4.69, 9.17) is 4.74 Å². The molecule has 0 aliphatic heterocycles. The fourth-order valence-corrected chi connectivity index (χ4v) is 1.91. The number of nitrogens with one attached hydrogen (secondary N) is 1. The normalized spacial score (nSPS) is 17.7. The van der Waals surface area contributed by atoms with Crippen molar-refractivity contribution in [1.29, 1.82) is 0 Å². The van der Waals surface area contributed by atoms with Crippen molar-refractivity contribution in [2.24, 2.45) is 0 Å². The summed E-state index contributed by atoms with van der Waals surface area (Å²) in [6, 6.07) is 1.75. The molecule has 16 heavy (non-hydrogen) atoms. The number of aliphatic hydroxyl groups is 1. The van der Waals surface area contributed by atoms with Gasteiger partial charge in [0.2, 0.25) is 5.88 Å². The highest BCUT2D eigenvalue weighted by molar-refractivity contribution is 5.42. The maximum absolute atomic E-state index is 9.36. The molecule has 0 amide bonds. The van der Waals surface area contributed by atoms with E-state index in [0.717, 1.165) is 25.1 Å². The van der Waals surface area contributed by atoms with Crippen LogP contribution in [0.15, 0.2) is 6.07 Å². The quantitative estimate of drug-likeness (QED) is 0.800. The molecule has 5 heteroatoms. The summed E-state index contributed by atoms with van der Waals surface area (Å²) in [4.78, 5) is 8.40. The molecule has 2 N–H and O–H groups in total. The van der Waals surface area contributed by atoms with Gasteiger partial charge < -0.3 is 15.2 Å². The van der Waals surface area contributed by atoms with Crippen molar-refractivity contribution in [2.75, 3.05) is 19.0 Å². The highest BCUT2D eigenvalue weighted by Crippen LogP contribution is 2.34. The summed E-state index contributed by atoms with van der Waals surface area (Å²) in [5, 5.41) is 12.6. The monoisotopic (exact) mass is 223 g/mol. The fraction of sp³-hybridized carbons (Fsp3) is 0.636. The van der Waals surface area contributed by atoms with Crippen molar-refractivity contribution < 1.29 is 9.84 Å². The summed E-state index contributed by atoms with van der Waals surface area (Å²) in [5.74, 6) is 1.93. The van der Waals surface area contributed by atoms with Crippen LogP contribution in [-0.4, -0.2) is 34.3 Å². The molecule has 0 aromatic carbocycles. The van der Waals surface area contributed by atoms with Crippen LogP contribution in [0, 0.1) is 6.92 Å². The number of aliphatic hydroxyl groups excluding tert-OH is 1. The number of aryl methyl sites for hydroxylation is 1. The van der Waals surface area contributed by atoms with Crippen LogP contribution in [0.2, 0.25) is 0 Å². The third-order valence-electron chi connectivity index (χ3n) is 3.03. The molecule has 1 saturated carbocycles. The van der Waals surface area contributed by atoms with E-state index in [9.17, 15) is 5.11 Å². The number of anilines is 1. The Morgan fingerprint density at radius 3 is 2.75 bits per heavy atom. The Labute approximate surface area is 94.9 Å². The number of aromatic nitrogens is 2. The van der Waals surface area contributed by atoms with Gasteiger partial charge in [0.25, 0.3) is 0 Å². The van der Waals surface area contributed by atoms with E-state index in [2.05, 4.69) is 15.3 Å². The first-order valence-electron chi connectivity index (χ1n) is 5.46. The molecule has 0 bridgehead atoms. The zero-order valence-corrected chi connectivity index (χ0v) is 9.66. The average molecular weight is 223 g/mol. The number of rotatable bonds is 4. The minimum absolute atomic E-state index is 0.137. The van der Waals surface area contributed by atoms with E-state index in [1.54, 1.807) is 13.2 Å². The number of methoxy groups -OCH3 is 1. The lowest BCUT2D eigenvalue weighted by atomic mass is 9.77. The third kappa shape index (κ3) is 2.09. The third-order valence-corrected chi connectivity index (χ3v) is 3.03. The van der Waals surface area contributed by atoms with Crippen LogP contribution >= 0.6 is 0 Å². The van der Waals surface area contributed by atoms with Gasteiger partial charge in [-0.25, -0.2) is 4.98 Å². The van der Waals surface area contributed by atoms with Gasteiger partial charge in [0.05, 0.1) is 19.3 Å². The molecule has 2 rings (SSSR count). The Balaban J connectivity index is 2.17. The fourth-order valence-electron chi connectivity index (χ4n) is 1.91. The van der Waals surface area contributed by atoms with Crippen molar-refractivity contribution in [3.63, 3.8) is 0 Å². The van der Waals surface area contributed by atoms with Gasteiger partial charge in [-0.2, -0.15) is 4.98 Å². The maximum atomic E-state index is 9.36. The van der Waals surface area contributed by atoms with Crippen LogP contribution < -0.4 is 10.1 Å². The van der Waals surface area contributed by atoms with E-state index in [0.29, 0.717) is 11.7 Å². The predicted octanol–water partition coefficient (Wildman–Crippen LogP) is 1.12. The van der Waals surface area contributed by atoms with Gasteiger partial charge >= 0.3 is 0 Å². The van der Waals surface area contributed by atoms with Crippen LogP contribution in [0.5, 0.6) is 5.88 Å². The Morgan fingerprint density at radius 1 is 1.50 bits per heavy atom. The van der Waals surface area contributed by atoms with E-state index < -0.39 is 0 Å². The van der Waals surface area contributed by atoms with Crippen molar-refractivity contribution in [3.05, 3.63) is 11.9 Å². The summed E-state index contributed by atoms with van der Waals surface area (Å²) in [7, 11) is 1.58. The Morgan fingerprint density at radius 2 is 2.25 bits per heavy atom. The number of hydrogen-bond donors (Lipinski definition) is 2. The Bertz CT molecular complexity index is 372. The standard InChI is InChI=1S/C11H17N3O2/c1-8-12-9(6-10(13-8)16-2)14-11(7-15)4-3-5-11/h6,15H,3-5,7H2,1-2H3,(H,12,13,14). The van der Waals surface area contributed by atoms with Crippen molar-refractivity contribution in [2.45, 2.75) is 31.7 Å². The lowest BCUT2D eigenvalue weighted by Gasteiger charge is -2.41. The van der Waals surface area contributed by atoms with Crippen LogP contribution in [0.3, 0.4) is 0 Å². The van der Waals surface area contributed by atoms with Crippen LogP contribution in [0.4, 0.5) is 5.82 Å². The molecule has 0 radical (unpaired) electrons. The SMILES string of the molecule is COc1cc(NC2(CO)CCC2)nc(C)n1. The smallest absolute Gasteiger partial charge is 0.218 e. The zero-order valence-electron chi connectivity index (χ0n) is 9.66. The van der Waals surface area contributed by atoms with Crippen molar-refractivity contribution >= 4 is 5.82 Å². The molecule has 1 aliphatic rings. The van der Waals surface area contributed by atoms with E-state index in [1.165, 1.54) is 0 Å². The molecule has 0 unspecified atom stereocenters. The van der Waals surface area contributed by atoms with Gasteiger partial charge in [0, 0.05) is 6.07 Å². The average Bonchev–Trinajstić information content (AvgIpc) is 2.22. The predicted molar refractivity (Wildman–Crippen MR) is 60.6 cm³/mol. The molecule has 0 spiro atoms. The van der Waals surface area contributed by atoms with E-state index >= 15 is 0 Å². The van der Waals surface area contributed by atoms with Gasteiger partial charge in [-0.05, 0) is 26.2 Å². The molecule has 0 saturated heterocycles. The molecule has 88 valence electrons. The Hall–Kier alpha value is -1.36. The van der Waals surface area contributed by atoms with Crippen LogP contribution in [0.1, 0.15) is 25.1 Å². The number of ether oxygens (including phenoxy) is 1. The maximum Gasteiger partial charge on any atom is 0.218 e. The second kappa shape index (κ2) is 4.25. The first-order valence-corrected chi connectivity index (χ1v) is 5.46. The molecule has 1 aliphatic carbocycles. The van der Waals surface area contributed by atoms with Gasteiger partial charge in [-0.3, -0.25) is 0 Å². The molecule has 5 nitrogen and oxygen atoms in total. The highest BCUT2D eigenvalue weighted by atomic mass is 16.5. The zero-order chi connectivity index (χ0) is 11.6. The summed E-state index contributed by atoms with van der Waals surface area (Å²) >= 11 is 0. The molecule has 0 atom stereocenters. The number of hydrogen-bond acceptors (Lipinski definition) is 5. The molecule has 1 fully saturated rings. The minimum atomic E-state index is -0.189. The minimum Gasteiger partial charge on any atom is -0.481 e. The van der Waals surface area contributed by atoms with Crippen molar-refractivity contribution in [3.8, 4) is 5.88 Å². The molecule has 1 aromatic heterocycles. The van der Waals surface area contributed by atoms with Gasteiger partial charge in [0.15, 0.2) is 0 Å². The second-order valence-corrected chi connectivity index (χ2v) is 4.26. The molecular weight excluding hydrogens is 206 g/mol. The van der Waals surface area contributed by atoms with E-state index in [-0.39, 0.29) is 12.1 Å². The van der Waals surface area contributed by atoms with Crippen LogP contribution in [-0.2, 0) is 0 Å². The van der Waals surface area contributed by atoms with E-state index in [1.807, 2.05) is 6.92 Å². The molecular formula is C11H17N3O2. The summed E-state index contributed by atoms with van der Waals surface area (Å²) < 4.78 is 5.08. The summed E-state index contributed by atoms with van der Waals surface area (Å²) in [5.41, 5.74) is -0.189. The molecule has 1 heterocycles. The van der Waals surface area contributed by atoms with Gasteiger partial charge in [-0.1, -0.05) is 0 Å².